The highest BCUT2D eigenvalue weighted by Crippen LogP contribution is 2.33. The maximum Gasteiger partial charge on any atom is 0.417 e. The summed E-state index contributed by atoms with van der Waals surface area (Å²) in [6, 6.07) is 2.17. The molecule has 1 amide bonds. The van der Waals surface area contributed by atoms with Crippen LogP contribution in [-0.4, -0.2) is 11.7 Å². The van der Waals surface area contributed by atoms with E-state index in [1.807, 2.05) is 0 Å². The second kappa shape index (κ2) is 6.38. The van der Waals surface area contributed by atoms with Crippen molar-refractivity contribution < 1.29 is 27.2 Å². The second-order valence-corrected chi connectivity index (χ2v) is 4.17. The summed E-state index contributed by atoms with van der Waals surface area (Å²) in [5.41, 5.74) is 1.74. The topological polar surface area (TPSA) is 60.2 Å². The van der Waals surface area contributed by atoms with Gasteiger partial charge in [0, 0.05) is 5.56 Å². The van der Waals surface area contributed by atoms with E-state index in [1.54, 1.807) is 0 Å². The molecule has 0 aromatic heterocycles. The Morgan fingerprint density at radius 3 is 2.23 bits per heavy atom. The lowest BCUT2D eigenvalue weighted by molar-refractivity contribution is -0.137. The van der Waals surface area contributed by atoms with Crippen molar-refractivity contribution in [1.82, 2.24) is 0 Å². The molecule has 22 heavy (non-hydrogen) atoms. The van der Waals surface area contributed by atoms with E-state index in [-0.39, 0.29) is 0 Å². The van der Waals surface area contributed by atoms with Gasteiger partial charge in [-0.3, -0.25) is 9.59 Å². The van der Waals surface area contributed by atoms with Crippen LogP contribution < -0.4 is 5.73 Å². The van der Waals surface area contributed by atoms with Gasteiger partial charge in [0.25, 0.3) is 0 Å². The van der Waals surface area contributed by atoms with Gasteiger partial charge in [-0.15, -0.1) is 0 Å². The maximum absolute atomic E-state index is 13.2. The number of amides is 1. The summed E-state index contributed by atoms with van der Waals surface area (Å²) < 4.78 is 52.0. The number of Topliss-reactive ketones (excluding diaryl/α,β-unsaturated/α-hetero) is 1. The van der Waals surface area contributed by atoms with Crippen LogP contribution in [0.1, 0.15) is 26.3 Å². The monoisotopic (exact) mass is 313 g/mol. The Balaban J connectivity index is 3.48. The van der Waals surface area contributed by atoms with Gasteiger partial charge >= 0.3 is 6.18 Å². The first-order valence-corrected chi connectivity index (χ1v) is 5.82. The number of halogens is 4. The molecule has 1 aromatic rings. The van der Waals surface area contributed by atoms with E-state index >= 15 is 0 Å². The third-order valence-electron chi connectivity index (χ3n) is 2.67. The van der Waals surface area contributed by atoms with Crippen molar-refractivity contribution >= 4 is 11.7 Å². The Morgan fingerprint density at radius 2 is 1.82 bits per heavy atom. The van der Waals surface area contributed by atoms with Crippen LogP contribution in [0.5, 0.6) is 0 Å². The number of benzene rings is 1. The third kappa shape index (κ3) is 3.69. The number of nitrogens with two attached hydrogens (primary N) is 1. The number of rotatable bonds is 5. The fourth-order valence-corrected chi connectivity index (χ4v) is 1.70. The molecule has 0 atom stereocenters. The van der Waals surface area contributed by atoms with Gasteiger partial charge < -0.3 is 5.73 Å². The summed E-state index contributed by atoms with van der Waals surface area (Å²) in [5, 5.41) is 0. The van der Waals surface area contributed by atoms with Crippen LogP contribution in [0.3, 0.4) is 0 Å². The molecule has 0 saturated carbocycles. The zero-order valence-corrected chi connectivity index (χ0v) is 11.2. The van der Waals surface area contributed by atoms with Gasteiger partial charge in [0.05, 0.1) is 16.7 Å². The molecule has 0 unspecified atom stereocenters. The van der Waals surface area contributed by atoms with Crippen molar-refractivity contribution in [2.24, 2.45) is 5.73 Å². The van der Waals surface area contributed by atoms with Crippen molar-refractivity contribution in [2.45, 2.75) is 6.18 Å². The molecule has 3 nitrogen and oxygen atoms in total. The largest absolute Gasteiger partial charge is 0.417 e. The summed E-state index contributed by atoms with van der Waals surface area (Å²) in [4.78, 5) is 23.1. The van der Waals surface area contributed by atoms with Gasteiger partial charge in [-0.05, 0) is 18.2 Å². The smallest absolute Gasteiger partial charge is 0.366 e. The number of alkyl halides is 3. The van der Waals surface area contributed by atoms with Gasteiger partial charge in [0.2, 0.25) is 5.91 Å². The SMILES string of the molecule is C=C/C=C(\C(=C)F)C(=O)c1ccc(C(N)=O)c(C(F)(F)F)c1. The Morgan fingerprint density at radius 1 is 1.23 bits per heavy atom. The second-order valence-electron chi connectivity index (χ2n) is 4.17. The van der Waals surface area contributed by atoms with Gasteiger partial charge in [0.1, 0.15) is 5.83 Å². The highest BCUT2D eigenvalue weighted by Gasteiger charge is 2.35. The van der Waals surface area contributed by atoms with Gasteiger partial charge in [0.15, 0.2) is 5.78 Å². The van der Waals surface area contributed by atoms with E-state index in [0.717, 1.165) is 24.3 Å². The molecule has 0 aliphatic carbocycles. The van der Waals surface area contributed by atoms with Crippen molar-refractivity contribution in [2.75, 3.05) is 0 Å². The summed E-state index contributed by atoms with van der Waals surface area (Å²) in [5.74, 6) is -3.42. The molecular formula is C15H11F4NO2. The van der Waals surface area contributed by atoms with Gasteiger partial charge in [-0.25, -0.2) is 4.39 Å². The zero-order valence-electron chi connectivity index (χ0n) is 11.2. The van der Waals surface area contributed by atoms with E-state index < -0.39 is 46.0 Å². The molecule has 1 rings (SSSR count). The first kappa shape index (κ1) is 17.4. The molecule has 116 valence electrons. The average molecular weight is 313 g/mol. The molecule has 2 N–H and O–H groups in total. The summed E-state index contributed by atoms with van der Waals surface area (Å²) in [6.07, 6.45) is -2.81. The minimum Gasteiger partial charge on any atom is -0.366 e. The summed E-state index contributed by atoms with van der Waals surface area (Å²) in [7, 11) is 0. The number of ketones is 1. The van der Waals surface area contributed by atoms with Crippen LogP contribution >= 0.6 is 0 Å². The van der Waals surface area contributed by atoms with E-state index in [9.17, 15) is 27.2 Å². The highest BCUT2D eigenvalue weighted by molar-refractivity contribution is 6.11. The number of primary amides is 1. The van der Waals surface area contributed by atoms with Crippen molar-refractivity contribution in [3.8, 4) is 0 Å². The minimum atomic E-state index is -4.89. The molecular weight excluding hydrogens is 302 g/mol. The van der Waals surface area contributed by atoms with Gasteiger partial charge in [-0.2, -0.15) is 13.2 Å². The lowest BCUT2D eigenvalue weighted by atomic mass is 9.97. The standard InChI is InChI=1S/C15H11F4NO2/c1-3-4-10(8(2)16)13(21)9-5-6-11(14(20)22)12(7-9)15(17,18)19/h3-7H,1-2H2,(H2,20,22)/b10-4+. The Kier molecular flexibility index (Phi) is 5.03. The minimum absolute atomic E-state index is 0.447. The Labute approximate surface area is 123 Å². The first-order chi connectivity index (χ1) is 10.1. The lowest BCUT2D eigenvalue weighted by Crippen LogP contribution is -2.20. The van der Waals surface area contributed by atoms with Crippen LogP contribution in [0.4, 0.5) is 17.6 Å². The van der Waals surface area contributed by atoms with Crippen LogP contribution in [0, 0.1) is 0 Å². The first-order valence-electron chi connectivity index (χ1n) is 5.82. The molecule has 0 saturated heterocycles. The lowest BCUT2D eigenvalue weighted by Gasteiger charge is -2.12. The molecule has 0 spiro atoms. The number of hydrogen-bond acceptors (Lipinski definition) is 2. The van der Waals surface area contributed by atoms with Gasteiger partial charge in [-0.1, -0.05) is 25.3 Å². The molecule has 0 bridgehead atoms. The quantitative estimate of drug-likeness (QED) is 0.391. The van der Waals surface area contributed by atoms with E-state index in [4.69, 9.17) is 5.73 Å². The average Bonchev–Trinajstić information content (AvgIpc) is 2.42. The van der Waals surface area contributed by atoms with Crippen LogP contribution in [0.2, 0.25) is 0 Å². The van der Waals surface area contributed by atoms with E-state index in [0.29, 0.717) is 6.07 Å². The maximum atomic E-state index is 13.2. The van der Waals surface area contributed by atoms with Crippen LogP contribution in [0.15, 0.2) is 54.9 Å². The predicted molar refractivity (Wildman–Crippen MR) is 72.8 cm³/mol. The molecule has 0 fully saturated rings. The zero-order chi connectivity index (χ0) is 17.1. The van der Waals surface area contributed by atoms with Crippen molar-refractivity contribution in [3.05, 3.63) is 71.6 Å². The summed E-state index contributed by atoms with van der Waals surface area (Å²) in [6.45, 7) is 6.21. The fraction of sp³-hybridized carbons (Fsp3) is 0.0667. The van der Waals surface area contributed by atoms with Crippen LogP contribution in [0.25, 0.3) is 0 Å². The van der Waals surface area contributed by atoms with Crippen LogP contribution in [-0.2, 0) is 6.18 Å². The summed E-state index contributed by atoms with van der Waals surface area (Å²) >= 11 is 0. The number of hydrogen-bond donors (Lipinski definition) is 1. The highest BCUT2D eigenvalue weighted by atomic mass is 19.4. The number of carbonyl (C=O) groups is 2. The molecule has 1 aromatic carbocycles. The number of allylic oxidation sites excluding steroid dienone is 4. The van der Waals surface area contributed by atoms with Crippen molar-refractivity contribution in [1.29, 1.82) is 0 Å². The third-order valence-corrected chi connectivity index (χ3v) is 2.67. The Bertz CT molecular complexity index is 687. The normalized spacial score (nSPS) is 11.9. The van der Waals surface area contributed by atoms with Crippen molar-refractivity contribution in [3.63, 3.8) is 0 Å². The predicted octanol–water partition coefficient (Wildman–Crippen LogP) is 3.58. The number of carbonyl (C=O) groups excluding carboxylic acids is 2. The Hall–Kier alpha value is -2.70. The van der Waals surface area contributed by atoms with E-state index in [2.05, 4.69) is 13.2 Å². The van der Waals surface area contributed by atoms with E-state index in [1.165, 1.54) is 0 Å². The molecule has 7 heteroatoms. The molecule has 0 aliphatic rings. The molecule has 0 aliphatic heterocycles. The molecule has 0 radical (unpaired) electrons. The fourth-order valence-electron chi connectivity index (χ4n) is 1.70. The molecule has 0 heterocycles.